The molecule has 0 spiro atoms. The van der Waals surface area contributed by atoms with E-state index < -0.39 is 17.7 Å². The molecule has 3 rings (SSSR count). The number of hydrogen-bond acceptors (Lipinski definition) is 3. The topological polar surface area (TPSA) is 52.7 Å². The van der Waals surface area contributed by atoms with Gasteiger partial charge in [0.2, 0.25) is 11.8 Å². The average molecular weight is 309 g/mol. The van der Waals surface area contributed by atoms with Crippen LogP contribution in [0, 0.1) is 11.6 Å². The Bertz CT molecular complexity index is 629. The van der Waals surface area contributed by atoms with E-state index in [4.69, 9.17) is 0 Å². The highest BCUT2D eigenvalue weighted by atomic mass is 19.2. The van der Waals surface area contributed by atoms with Crippen LogP contribution in [0.2, 0.25) is 0 Å². The summed E-state index contributed by atoms with van der Waals surface area (Å²) in [6, 6.07) is 1.38. The Balaban J connectivity index is 1.90. The van der Waals surface area contributed by atoms with Crippen molar-refractivity contribution < 1.29 is 18.4 Å². The van der Waals surface area contributed by atoms with Crippen molar-refractivity contribution in [1.82, 2.24) is 4.90 Å². The third-order valence-electron chi connectivity index (χ3n) is 4.09. The molecule has 1 atom stereocenters. The van der Waals surface area contributed by atoms with E-state index in [1.54, 1.807) is 11.8 Å². The fourth-order valence-electron chi connectivity index (χ4n) is 2.89. The van der Waals surface area contributed by atoms with Crippen molar-refractivity contribution in [3.05, 3.63) is 23.8 Å². The summed E-state index contributed by atoms with van der Waals surface area (Å²) in [6.07, 6.45) is 1.90. The number of fused-ring (bicyclic) bond motifs is 1. The first kappa shape index (κ1) is 14.7. The number of likely N-dealkylation sites (tertiary alicyclic amines) is 1. The normalized spacial score (nSPS) is 20.9. The van der Waals surface area contributed by atoms with Crippen LogP contribution in [0.5, 0.6) is 0 Å². The maximum atomic E-state index is 13.5. The van der Waals surface area contributed by atoms with Gasteiger partial charge in [0.05, 0.1) is 11.4 Å². The molecule has 118 valence electrons. The summed E-state index contributed by atoms with van der Waals surface area (Å²) < 4.78 is 26.9. The van der Waals surface area contributed by atoms with Gasteiger partial charge in [0, 0.05) is 25.2 Å². The van der Waals surface area contributed by atoms with Gasteiger partial charge < -0.3 is 10.2 Å². The number of nitrogens with zero attached hydrogens (tertiary/aromatic N) is 2. The predicted octanol–water partition coefficient (Wildman–Crippen LogP) is 1.73. The molecule has 0 radical (unpaired) electrons. The first-order valence-corrected chi connectivity index (χ1v) is 7.32. The van der Waals surface area contributed by atoms with Crippen LogP contribution in [0.25, 0.3) is 0 Å². The van der Waals surface area contributed by atoms with Gasteiger partial charge in [-0.15, -0.1) is 0 Å². The molecule has 2 aliphatic heterocycles. The smallest absolute Gasteiger partial charge is 0.249 e. The maximum absolute atomic E-state index is 13.5. The molecule has 2 aliphatic rings. The lowest BCUT2D eigenvalue weighted by Crippen LogP contribution is -2.50. The van der Waals surface area contributed by atoms with E-state index >= 15 is 0 Å². The van der Waals surface area contributed by atoms with Gasteiger partial charge in [-0.1, -0.05) is 0 Å². The molecule has 2 heterocycles. The van der Waals surface area contributed by atoms with Crippen molar-refractivity contribution in [2.45, 2.75) is 25.8 Å². The molecule has 1 saturated heterocycles. The van der Waals surface area contributed by atoms with E-state index in [1.807, 2.05) is 0 Å². The quantitative estimate of drug-likeness (QED) is 0.905. The van der Waals surface area contributed by atoms with E-state index in [0.717, 1.165) is 25.0 Å². The zero-order chi connectivity index (χ0) is 15.9. The standard InChI is InChI=1S/C15H17F2N3O2/c1-9-15(22)20(8-14(21)19-4-2-3-5-19)13-7-11(17)10(16)6-12(13)18-9/h6-7,9,18H,2-5,8H2,1H3. The third kappa shape index (κ3) is 2.51. The highest BCUT2D eigenvalue weighted by molar-refractivity contribution is 6.07. The maximum Gasteiger partial charge on any atom is 0.249 e. The molecule has 0 saturated carbocycles. The number of benzene rings is 1. The summed E-state index contributed by atoms with van der Waals surface area (Å²) in [4.78, 5) is 27.5. The number of amides is 2. The van der Waals surface area contributed by atoms with E-state index in [0.29, 0.717) is 18.8 Å². The Hall–Kier alpha value is -2.18. The van der Waals surface area contributed by atoms with Crippen LogP contribution in [0.4, 0.5) is 20.2 Å². The number of hydrogen-bond donors (Lipinski definition) is 1. The Labute approximate surface area is 126 Å². The highest BCUT2D eigenvalue weighted by Gasteiger charge is 2.33. The van der Waals surface area contributed by atoms with Gasteiger partial charge in [0.15, 0.2) is 11.6 Å². The molecule has 0 aliphatic carbocycles. The second kappa shape index (κ2) is 5.55. The molecule has 1 fully saturated rings. The summed E-state index contributed by atoms with van der Waals surface area (Å²) >= 11 is 0. The number of carbonyl (C=O) groups is 2. The fraction of sp³-hybridized carbons (Fsp3) is 0.467. The molecule has 7 heteroatoms. The zero-order valence-corrected chi connectivity index (χ0v) is 12.2. The molecule has 1 N–H and O–H groups in total. The Kier molecular flexibility index (Phi) is 3.72. The van der Waals surface area contributed by atoms with Gasteiger partial charge in [-0.2, -0.15) is 0 Å². The van der Waals surface area contributed by atoms with Gasteiger partial charge in [0.25, 0.3) is 0 Å². The zero-order valence-electron chi connectivity index (χ0n) is 12.2. The molecular formula is C15H17F2N3O2. The van der Waals surface area contributed by atoms with Crippen molar-refractivity contribution in [3.8, 4) is 0 Å². The molecule has 1 unspecified atom stereocenters. The van der Waals surface area contributed by atoms with Gasteiger partial charge in [0.1, 0.15) is 12.6 Å². The minimum atomic E-state index is -1.04. The summed E-state index contributed by atoms with van der Waals surface area (Å²) in [5.74, 6) is -2.53. The first-order chi connectivity index (χ1) is 10.5. The van der Waals surface area contributed by atoms with Crippen LogP contribution >= 0.6 is 0 Å². The summed E-state index contributed by atoms with van der Waals surface area (Å²) in [7, 11) is 0. The van der Waals surface area contributed by atoms with Gasteiger partial charge in [-0.3, -0.25) is 14.5 Å². The minimum Gasteiger partial charge on any atom is -0.372 e. The molecule has 1 aromatic rings. The Morgan fingerprint density at radius 3 is 2.59 bits per heavy atom. The van der Waals surface area contributed by atoms with E-state index in [2.05, 4.69) is 5.32 Å². The van der Waals surface area contributed by atoms with Crippen molar-refractivity contribution in [1.29, 1.82) is 0 Å². The van der Waals surface area contributed by atoms with Crippen LogP contribution in [-0.2, 0) is 9.59 Å². The second-order valence-electron chi connectivity index (χ2n) is 5.66. The van der Waals surface area contributed by atoms with Crippen LogP contribution < -0.4 is 10.2 Å². The molecular weight excluding hydrogens is 292 g/mol. The van der Waals surface area contributed by atoms with Crippen LogP contribution in [-0.4, -0.2) is 42.4 Å². The second-order valence-corrected chi connectivity index (χ2v) is 5.66. The summed E-state index contributed by atoms with van der Waals surface area (Å²) in [5, 5.41) is 2.83. The van der Waals surface area contributed by atoms with Gasteiger partial charge in [-0.25, -0.2) is 8.78 Å². The largest absolute Gasteiger partial charge is 0.372 e. The SMILES string of the molecule is CC1Nc2cc(F)c(F)cc2N(CC(=O)N2CCCC2)C1=O. The van der Waals surface area contributed by atoms with Crippen molar-refractivity contribution in [3.63, 3.8) is 0 Å². The summed E-state index contributed by atoms with van der Waals surface area (Å²) in [6.45, 7) is 2.83. The van der Waals surface area contributed by atoms with Crippen LogP contribution in [0.3, 0.4) is 0 Å². The average Bonchev–Trinajstić information content (AvgIpc) is 3.00. The monoisotopic (exact) mass is 309 g/mol. The number of carbonyl (C=O) groups excluding carboxylic acids is 2. The first-order valence-electron chi connectivity index (χ1n) is 7.32. The molecule has 22 heavy (non-hydrogen) atoms. The van der Waals surface area contributed by atoms with Crippen LogP contribution in [0.15, 0.2) is 12.1 Å². The van der Waals surface area contributed by atoms with Crippen molar-refractivity contribution in [2.75, 3.05) is 29.9 Å². The van der Waals surface area contributed by atoms with Crippen LogP contribution in [0.1, 0.15) is 19.8 Å². The number of nitrogens with one attached hydrogen (secondary N) is 1. The van der Waals surface area contributed by atoms with E-state index in [1.165, 1.54) is 4.90 Å². The van der Waals surface area contributed by atoms with Crippen molar-refractivity contribution >= 4 is 23.2 Å². The van der Waals surface area contributed by atoms with Gasteiger partial charge in [-0.05, 0) is 19.8 Å². The number of anilines is 2. The Morgan fingerprint density at radius 2 is 1.91 bits per heavy atom. The Morgan fingerprint density at radius 1 is 1.27 bits per heavy atom. The van der Waals surface area contributed by atoms with E-state index in [9.17, 15) is 18.4 Å². The summed E-state index contributed by atoms with van der Waals surface area (Å²) in [5.41, 5.74) is 0.523. The lowest BCUT2D eigenvalue weighted by molar-refractivity contribution is -0.130. The number of halogens is 2. The van der Waals surface area contributed by atoms with E-state index in [-0.39, 0.29) is 24.0 Å². The molecule has 2 amide bonds. The van der Waals surface area contributed by atoms with Crippen molar-refractivity contribution in [2.24, 2.45) is 0 Å². The molecule has 5 nitrogen and oxygen atoms in total. The number of rotatable bonds is 2. The molecule has 0 bridgehead atoms. The molecule has 0 aromatic heterocycles. The lowest BCUT2D eigenvalue weighted by atomic mass is 10.1. The third-order valence-corrected chi connectivity index (χ3v) is 4.09. The van der Waals surface area contributed by atoms with Gasteiger partial charge >= 0.3 is 0 Å². The minimum absolute atomic E-state index is 0.150. The highest BCUT2D eigenvalue weighted by Crippen LogP contribution is 2.33. The fourth-order valence-corrected chi connectivity index (χ4v) is 2.89. The lowest BCUT2D eigenvalue weighted by Gasteiger charge is -2.34. The predicted molar refractivity (Wildman–Crippen MR) is 77.6 cm³/mol. The molecule has 1 aromatic carbocycles.